The van der Waals surface area contributed by atoms with Gasteiger partial charge in [0.1, 0.15) is 5.82 Å². The van der Waals surface area contributed by atoms with Crippen LogP contribution in [0.3, 0.4) is 0 Å². The van der Waals surface area contributed by atoms with Crippen LogP contribution in [0.1, 0.15) is 61.7 Å². The van der Waals surface area contributed by atoms with Crippen molar-refractivity contribution in [2.45, 2.75) is 69.7 Å². The van der Waals surface area contributed by atoms with Gasteiger partial charge in [0.15, 0.2) is 5.82 Å². The van der Waals surface area contributed by atoms with Crippen molar-refractivity contribution in [2.24, 2.45) is 0 Å². The van der Waals surface area contributed by atoms with E-state index in [1.165, 1.54) is 4.90 Å². The van der Waals surface area contributed by atoms with Crippen molar-refractivity contribution in [1.82, 2.24) is 19.7 Å². The molecule has 1 saturated heterocycles. The van der Waals surface area contributed by atoms with E-state index in [4.69, 9.17) is 21.1 Å². The maximum absolute atomic E-state index is 11.7. The van der Waals surface area contributed by atoms with Crippen LogP contribution in [0.5, 0.6) is 0 Å². The van der Waals surface area contributed by atoms with Crippen molar-refractivity contribution in [3.8, 4) is 5.69 Å². The second-order valence-electron chi connectivity index (χ2n) is 8.64. The van der Waals surface area contributed by atoms with Crippen LogP contribution in [-0.2, 0) is 22.6 Å². The van der Waals surface area contributed by atoms with Gasteiger partial charge >= 0.3 is 6.09 Å². The van der Waals surface area contributed by atoms with E-state index in [2.05, 4.69) is 14.8 Å². The van der Waals surface area contributed by atoms with Crippen molar-refractivity contribution in [3.63, 3.8) is 0 Å². The molecule has 166 valence electrons. The molecule has 8 nitrogen and oxygen atoms in total. The highest BCUT2D eigenvalue weighted by Gasteiger charge is 2.32. The van der Waals surface area contributed by atoms with E-state index in [1.54, 1.807) is 0 Å². The predicted octanol–water partition coefficient (Wildman–Crippen LogP) is 4.14. The molecule has 1 aromatic carbocycles. The zero-order valence-electron chi connectivity index (χ0n) is 17.4. The van der Waals surface area contributed by atoms with E-state index in [0.29, 0.717) is 23.1 Å². The van der Waals surface area contributed by atoms with Crippen molar-refractivity contribution in [1.29, 1.82) is 0 Å². The molecule has 0 spiro atoms. The van der Waals surface area contributed by atoms with E-state index in [9.17, 15) is 9.90 Å². The normalized spacial score (nSPS) is 24.4. The van der Waals surface area contributed by atoms with E-state index >= 15 is 0 Å². The zero-order valence-corrected chi connectivity index (χ0v) is 18.1. The molecule has 1 aliphatic carbocycles. The second-order valence-corrected chi connectivity index (χ2v) is 9.08. The van der Waals surface area contributed by atoms with Gasteiger partial charge in [-0.3, -0.25) is 9.47 Å². The maximum Gasteiger partial charge on any atom is 0.408 e. The number of nitrogens with zero attached hydrogens (tertiary/aromatic N) is 4. The summed E-state index contributed by atoms with van der Waals surface area (Å²) in [7, 11) is 0. The number of hydrogen-bond donors (Lipinski definition) is 1. The highest BCUT2D eigenvalue weighted by molar-refractivity contribution is 6.30. The van der Waals surface area contributed by atoms with Crippen molar-refractivity contribution < 1.29 is 19.4 Å². The van der Waals surface area contributed by atoms with Crippen LogP contribution in [0.4, 0.5) is 4.79 Å². The smallest absolute Gasteiger partial charge is 0.408 e. The van der Waals surface area contributed by atoms with Gasteiger partial charge in [0.05, 0.1) is 31.0 Å². The fourth-order valence-corrected chi connectivity index (χ4v) is 5.16. The van der Waals surface area contributed by atoms with Gasteiger partial charge in [-0.2, -0.15) is 0 Å². The SMILES string of the molecule is O=C(O)N1Cc2cc(Cl)ccc2-n2c(nnc2C2CCC(OC3CCOCC3)CC2)C1. The first kappa shape index (κ1) is 20.7. The Morgan fingerprint density at radius 3 is 2.55 bits per heavy atom. The summed E-state index contributed by atoms with van der Waals surface area (Å²) in [4.78, 5) is 13.1. The summed E-state index contributed by atoms with van der Waals surface area (Å²) in [5, 5.41) is 19.1. The Labute approximate surface area is 186 Å². The molecular formula is C22H27ClN4O4. The number of amides is 1. The second kappa shape index (κ2) is 8.76. The number of hydrogen-bond acceptors (Lipinski definition) is 5. The fraction of sp³-hybridized carbons (Fsp3) is 0.591. The van der Waals surface area contributed by atoms with Crippen molar-refractivity contribution in [2.75, 3.05) is 13.2 Å². The molecular weight excluding hydrogens is 420 g/mol. The Balaban J connectivity index is 1.37. The lowest BCUT2D eigenvalue weighted by Gasteiger charge is -2.32. The van der Waals surface area contributed by atoms with E-state index < -0.39 is 6.09 Å². The third-order valence-corrected chi connectivity index (χ3v) is 6.83. The monoisotopic (exact) mass is 446 g/mol. The Morgan fingerprint density at radius 2 is 1.81 bits per heavy atom. The average Bonchev–Trinajstić information content (AvgIpc) is 3.10. The number of rotatable bonds is 3. The summed E-state index contributed by atoms with van der Waals surface area (Å²) in [6.45, 7) is 2.07. The molecule has 1 saturated carbocycles. The van der Waals surface area contributed by atoms with E-state index in [1.807, 2.05) is 18.2 Å². The molecule has 0 atom stereocenters. The molecule has 0 unspecified atom stereocenters. The molecule has 0 bridgehead atoms. The first-order valence-electron chi connectivity index (χ1n) is 11.0. The lowest BCUT2D eigenvalue weighted by atomic mass is 9.86. The molecule has 2 aromatic rings. The molecule has 1 amide bonds. The zero-order chi connectivity index (χ0) is 21.4. The molecule has 3 heterocycles. The third-order valence-electron chi connectivity index (χ3n) is 6.59. The minimum absolute atomic E-state index is 0.205. The van der Waals surface area contributed by atoms with Crippen LogP contribution in [0.25, 0.3) is 5.69 Å². The minimum Gasteiger partial charge on any atom is -0.465 e. The number of fused-ring (bicyclic) bond motifs is 3. The van der Waals surface area contributed by atoms with Crippen LogP contribution >= 0.6 is 11.6 Å². The molecule has 9 heteroatoms. The van der Waals surface area contributed by atoms with Crippen LogP contribution in [0, 0.1) is 0 Å². The van der Waals surface area contributed by atoms with Gasteiger partial charge in [0.2, 0.25) is 0 Å². The molecule has 0 radical (unpaired) electrons. The number of aromatic nitrogens is 3. The quantitative estimate of drug-likeness (QED) is 0.762. The van der Waals surface area contributed by atoms with Gasteiger partial charge in [0, 0.05) is 24.2 Å². The molecule has 1 aromatic heterocycles. The summed E-state index contributed by atoms with van der Waals surface area (Å²) in [5.41, 5.74) is 1.79. The van der Waals surface area contributed by atoms with Crippen LogP contribution < -0.4 is 0 Å². The number of carbonyl (C=O) groups is 1. The Hall–Kier alpha value is -2.16. The summed E-state index contributed by atoms with van der Waals surface area (Å²) in [5.74, 6) is 1.84. The van der Waals surface area contributed by atoms with Crippen molar-refractivity contribution in [3.05, 3.63) is 40.4 Å². The number of benzene rings is 1. The standard InChI is InChI=1S/C22H27ClN4O4/c23-16-3-6-19-15(11-16)12-26(22(28)29)13-20-24-25-21(27(19)20)14-1-4-17(5-2-14)31-18-7-9-30-10-8-18/h3,6,11,14,17-18H,1-2,4-5,7-10,12-13H2,(H,28,29). The number of ether oxygens (including phenoxy) is 2. The minimum atomic E-state index is -0.977. The average molecular weight is 447 g/mol. The van der Waals surface area contributed by atoms with Crippen LogP contribution in [0.15, 0.2) is 18.2 Å². The van der Waals surface area contributed by atoms with Gasteiger partial charge < -0.3 is 14.6 Å². The molecule has 3 aliphatic rings. The number of carboxylic acid groups (broad SMARTS) is 1. The van der Waals surface area contributed by atoms with Crippen LogP contribution in [-0.4, -0.2) is 56.3 Å². The molecule has 2 aliphatic heterocycles. The lowest BCUT2D eigenvalue weighted by Crippen LogP contribution is -2.31. The van der Waals surface area contributed by atoms with Gasteiger partial charge in [-0.15, -0.1) is 10.2 Å². The third kappa shape index (κ3) is 4.29. The predicted molar refractivity (Wildman–Crippen MR) is 114 cm³/mol. The molecule has 1 N–H and O–H groups in total. The lowest BCUT2D eigenvalue weighted by molar-refractivity contribution is -0.0796. The Morgan fingerprint density at radius 1 is 1.06 bits per heavy atom. The Bertz CT molecular complexity index is 951. The topological polar surface area (TPSA) is 89.7 Å². The number of halogens is 1. The van der Waals surface area contributed by atoms with E-state index in [0.717, 1.165) is 68.8 Å². The van der Waals surface area contributed by atoms with Gasteiger partial charge in [0.25, 0.3) is 0 Å². The highest BCUT2D eigenvalue weighted by Crippen LogP contribution is 2.37. The largest absolute Gasteiger partial charge is 0.465 e. The molecule has 2 fully saturated rings. The maximum atomic E-state index is 11.7. The fourth-order valence-electron chi connectivity index (χ4n) is 4.97. The van der Waals surface area contributed by atoms with Gasteiger partial charge in [-0.1, -0.05) is 11.6 Å². The van der Waals surface area contributed by atoms with Crippen LogP contribution in [0.2, 0.25) is 5.02 Å². The van der Waals surface area contributed by atoms with Crippen molar-refractivity contribution >= 4 is 17.7 Å². The summed E-state index contributed by atoms with van der Waals surface area (Å²) >= 11 is 6.21. The highest BCUT2D eigenvalue weighted by atomic mass is 35.5. The van der Waals surface area contributed by atoms with Gasteiger partial charge in [-0.25, -0.2) is 4.79 Å². The summed E-state index contributed by atoms with van der Waals surface area (Å²) < 4.78 is 13.8. The first-order chi connectivity index (χ1) is 15.1. The summed E-state index contributed by atoms with van der Waals surface area (Å²) in [6.07, 6.45) is 5.56. The first-order valence-corrected chi connectivity index (χ1v) is 11.4. The molecule has 31 heavy (non-hydrogen) atoms. The Kier molecular flexibility index (Phi) is 5.86. The van der Waals surface area contributed by atoms with Gasteiger partial charge in [-0.05, 0) is 62.3 Å². The van der Waals surface area contributed by atoms with E-state index in [-0.39, 0.29) is 19.0 Å². The molecule has 5 rings (SSSR count). The summed E-state index contributed by atoms with van der Waals surface area (Å²) in [6, 6.07) is 5.62.